The second kappa shape index (κ2) is 15.6. The Hall–Kier alpha value is -7.44. The van der Waals surface area contributed by atoms with E-state index in [0.717, 1.165) is 56.0 Å². The van der Waals surface area contributed by atoms with Crippen molar-refractivity contribution in [2.45, 2.75) is 37.5 Å². The van der Waals surface area contributed by atoms with Crippen LogP contribution >= 0.6 is 0 Å². The number of hydrogen-bond donors (Lipinski definition) is 0. The van der Waals surface area contributed by atoms with Crippen molar-refractivity contribution in [2.24, 2.45) is 5.92 Å². The molecular weight excluding hydrogens is 745 g/mol. The first-order valence-corrected chi connectivity index (χ1v) is 21.2. The quantitative estimate of drug-likeness (QED) is 0.145. The van der Waals surface area contributed by atoms with E-state index in [1.165, 1.54) is 43.2 Å². The molecule has 2 aliphatic carbocycles. The van der Waals surface area contributed by atoms with E-state index < -0.39 is 0 Å². The summed E-state index contributed by atoms with van der Waals surface area (Å²) in [5.74, 6) is 4.77. The van der Waals surface area contributed by atoms with Gasteiger partial charge in [0, 0.05) is 33.4 Å². The molecule has 2 heterocycles. The highest BCUT2D eigenvalue weighted by Crippen LogP contribution is 2.55. The van der Waals surface area contributed by atoms with Gasteiger partial charge in [0.1, 0.15) is 0 Å². The van der Waals surface area contributed by atoms with Crippen LogP contribution in [0.3, 0.4) is 0 Å². The first-order chi connectivity index (χ1) is 30.1. The molecule has 2 aromatic heterocycles. The molecule has 0 N–H and O–H groups in total. The molecular formula is C55H42N6. The average molecular weight is 787 g/mol. The summed E-state index contributed by atoms with van der Waals surface area (Å²) in [5, 5.41) is 0. The van der Waals surface area contributed by atoms with Gasteiger partial charge in [-0.3, -0.25) is 0 Å². The maximum Gasteiger partial charge on any atom is 0.164 e. The summed E-state index contributed by atoms with van der Waals surface area (Å²) in [6.07, 6.45) is 6.56. The molecule has 11 rings (SSSR count). The van der Waals surface area contributed by atoms with E-state index >= 15 is 0 Å². The van der Waals surface area contributed by atoms with Gasteiger partial charge in [-0.05, 0) is 83.4 Å². The van der Waals surface area contributed by atoms with E-state index in [1.807, 2.05) is 54.6 Å². The number of rotatable bonds is 9. The minimum atomic E-state index is 0.303. The van der Waals surface area contributed by atoms with Gasteiger partial charge >= 0.3 is 0 Å². The van der Waals surface area contributed by atoms with Gasteiger partial charge < -0.3 is 0 Å². The van der Waals surface area contributed by atoms with Gasteiger partial charge in [-0.15, -0.1) is 0 Å². The third kappa shape index (κ3) is 7.31. The molecule has 0 atom stereocenters. The summed E-state index contributed by atoms with van der Waals surface area (Å²) in [7, 11) is 0. The zero-order valence-electron chi connectivity index (χ0n) is 33.7. The maximum absolute atomic E-state index is 5.12. The molecule has 0 aliphatic heterocycles. The minimum absolute atomic E-state index is 0.303. The summed E-state index contributed by atoms with van der Waals surface area (Å²) < 4.78 is 0. The molecule has 61 heavy (non-hydrogen) atoms. The van der Waals surface area contributed by atoms with Crippen molar-refractivity contribution in [3.05, 3.63) is 194 Å². The molecule has 0 unspecified atom stereocenters. The average Bonchev–Trinajstić information content (AvgIpc) is 3.98. The Morgan fingerprint density at radius 2 is 0.623 bits per heavy atom. The first-order valence-electron chi connectivity index (χ1n) is 21.2. The SMILES string of the molecule is c1ccc(-c2ccc(-c3nc(-c4ccccc4)nc(-c4cccc(-c5ccc(-c6nc(-c7ccccc7)nc(-c7cccc(C89CCC(CC8)C9)c7)n6)cc5)c4)n3)cc2)cc1. The fraction of sp³-hybridized carbons (Fsp3) is 0.127. The van der Waals surface area contributed by atoms with Crippen molar-refractivity contribution in [3.63, 3.8) is 0 Å². The van der Waals surface area contributed by atoms with Crippen LogP contribution in [0, 0.1) is 5.92 Å². The highest BCUT2D eigenvalue weighted by atomic mass is 15.0. The van der Waals surface area contributed by atoms with Crippen molar-refractivity contribution in [1.29, 1.82) is 0 Å². The topological polar surface area (TPSA) is 77.3 Å². The van der Waals surface area contributed by atoms with E-state index in [0.29, 0.717) is 40.4 Å². The zero-order chi connectivity index (χ0) is 40.6. The van der Waals surface area contributed by atoms with Gasteiger partial charge in [0.05, 0.1) is 0 Å². The van der Waals surface area contributed by atoms with Crippen LogP contribution in [0.2, 0.25) is 0 Å². The molecule has 2 aliphatic rings. The smallest absolute Gasteiger partial charge is 0.164 e. The monoisotopic (exact) mass is 786 g/mol. The third-order valence-corrected chi connectivity index (χ3v) is 12.7. The van der Waals surface area contributed by atoms with Crippen molar-refractivity contribution < 1.29 is 0 Å². The zero-order valence-corrected chi connectivity index (χ0v) is 33.7. The van der Waals surface area contributed by atoms with E-state index in [4.69, 9.17) is 29.9 Å². The number of benzene rings is 7. The summed E-state index contributed by atoms with van der Waals surface area (Å²) in [6.45, 7) is 0. The van der Waals surface area contributed by atoms with Gasteiger partial charge in [0.25, 0.3) is 0 Å². The van der Waals surface area contributed by atoms with Gasteiger partial charge in [-0.25, -0.2) is 29.9 Å². The van der Waals surface area contributed by atoms with Gasteiger partial charge in [-0.2, -0.15) is 0 Å². The molecule has 2 fully saturated rings. The van der Waals surface area contributed by atoms with E-state index in [2.05, 4.69) is 133 Å². The van der Waals surface area contributed by atoms with Crippen LogP contribution in [-0.2, 0) is 5.41 Å². The Bertz CT molecular complexity index is 2980. The lowest BCUT2D eigenvalue weighted by Gasteiger charge is -2.27. The normalized spacial score (nSPS) is 16.8. The minimum Gasteiger partial charge on any atom is -0.208 e. The van der Waals surface area contributed by atoms with Crippen LogP contribution in [0.25, 0.3) is 90.6 Å². The molecule has 6 heteroatoms. The number of fused-ring (bicyclic) bond motifs is 2. The predicted molar refractivity (Wildman–Crippen MR) is 245 cm³/mol. The second-order valence-corrected chi connectivity index (χ2v) is 16.5. The van der Waals surface area contributed by atoms with Crippen LogP contribution in [0.4, 0.5) is 0 Å². The summed E-state index contributed by atoms with van der Waals surface area (Å²) in [5.41, 5.74) is 11.9. The molecule has 9 aromatic rings. The fourth-order valence-electron chi connectivity index (χ4n) is 9.38. The lowest BCUT2D eigenvalue weighted by Crippen LogP contribution is -2.19. The largest absolute Gasteiger partial charge is 0.208 e. The summed E-state index contributed by atoms with van der Waals surface area (Å²) in [6, 6.07) is 65.0. The predicted octanol–water partition coefficient (Wildman–Crippen LogP) is 13.2. The molecule has 2 bridgehead atoms. The number of hydrogen-bond acceptors (Lipinski definition) is 6. The Labute approximate surface area is 356 Å². The number of aromatic nitrogens is 6. The van der Waals surface area contributed by atoms with Crippen molar-refractivity contribution in [1.82, 2.24) is 29.9 Å². The summed E-state index contributed by atoms with van der Waals surface area (Å²) in [4.78, 5) is 30.2. The number of nitrogens with zero attached hydrogens (tertiary/aromatic N) is 6. The first kappa shape index (κ1) is 36.6. The maximum atomic E-state index is 5.12. The van der Waals surface area contributed by atoms with E-state index in [-0.39, 0.29) is 0 Å². The Morgan fingerprint density at radius 3 is 1.08 bits per heavy atom. The van der Waals surface area contributed by atoms with Crippen molar-refractivity contribution >= 4 is 0 Å². The van der Waals surface area contributed by atoms with Gasteiger partial charge in [0.15, 0.2) is 34.9 Å². The molecule has 0 spiro atoms. The molecule has 292 valence electrons. The highest BCUT2D eigenvalue weighted by molar-refractivity contribution is 5.75. The molecule has 6 nitrogen and oxygen atoms in total. The van der Waals surface area contributed by atoms with Crippen molar-refractivity contribution in [2.75, 3.05) is 0 Å². The molecule has 0 radical (unpaired) electrons. The van der Waals surface area contributed by atoms with Crippen molar-refractivity contribution in [3.8, 4) is 90.6 Å². The Kier molecular flexibility index (Phi) is 9.38. The van der Waals surface area contributed by atoms with Crippen LogP contribution in [0.1, 0.15) is 37.7 Å². The standard InChI is InChI=1S/C55H42N6/c1-4-12-38(13-5-1)39-22-26-43(27-23-39)51-56-49(41-14-6-2-7-15-41)58-53(60-51)46-19-10-18-45(34-46)40-24-28-44(29-25-40)52-57-50(42-16-8-3-9-17-42)59-54(61-52)47-20-11-21-48(35-47)55-32-30-37(36-55)31-33-55/h1-29,34-35,37H,30-33,36H2. The van der Waals surface area contributed by atoms with Crippen LogP contribution in [0.15, 0.2) is 188 Å². The van der Waals surface area contributed by atoms with E-state index in [1.54, 1.807) is 0 Å². The van der Waals surface area contributed by atoms with Crippen LogP contribution in [0.5, 0.6) is 0 Å². The lowest BCUT2D eigenvalue weighted by molar-refractivity contribution is 0.419. The lowest BCUT2D eigenvalue weighted by atomic mass is 9.77. The van der Waals surface area contributed by atoms with E-state index in [9.17, 15) is 0 Å². The Balaban J connectivity index is 0.929. The van der Waals surface area contributed by atoms with Gasteiger partial charge in [-0.1, -0.05) is 176 Å². The molecule has 7 aromatic carbocycles. The summed E-state index contributed by atoms with van der Waals surface area (Å²) >= 11 is 0. The highest BCUT2D eigenvalue weighted by Gasteiger charge is 2.45. The van der Waals surface area contributed by atoms with Gasteiger partial charge in [0.2, 0.25) is 0 Å². The second-order valence-electron chi connectivity index (χ2n) is 16.5. The Morgan fingerprint density at radius 1 is 0.295 bits per heavy atom. The molecule has 2 saturated carbocycles. The fourth-order valence-corrected chi connectivity index (χ4v) is 9.38. The third-order valence-electron chi connectivity index (χ3n) is 12.7. The molecule has 0 amide bonds. The molecule has 0 saturated heterocycles. The van der Waals surface area contributed by atoms with Crippen LogP contribution < -0.4 is 0 Å². The van der Waals surface area contributed by atoms with Crippen LogP contribution in [-0.4, -0.2) is 29.9 Å².